The first-order chi connectivity index (χ1) is 14.1. The fourth-order valence-corrected chi connectivity index (χ4v) is 4.56. The predicted octanol–water partition coefficient (Wildman–Crippen LogP) is 5.84. The highest BCUT2D eigenvalue weighted by Gasteiger charge is 2.36. The second-order valence-corrected chi connectivity index (χ2v) is 8.24. The molecule has 0 saturated carbocycles. The van der Waals surface area contributed by atoms with Crippen LogP contribution in [0, 0.1) is 6.92 Å². The summed E-state index contributed by atoms with van der Waals surface area (Å²) in [6.07, 6.45) is 2.04. The van der Waals surface area contributed by atoms with Crippen molar-refractivity contribution in [1.29, 1.82) is 0 Å². The van der Waals surface area contributed by atoms with Crippen LogP contribution in [0.2, 0.25) is 5.15 Å². The van der Waals surface area contributed by atoms with Crippen LogP contribution in [0.3, 0.4) is 0 Å². The Balaban J connectivity index is 1.61. The van der Waals surface area contributed by atoms with E-state index in [0.717, 1.165) is 32.6 Å². The largest absolute Gasteiger partial charge is 0.459 e. The van der Waals surface area contributed by atoms with E-state index in [1.165, 1.54) is 11.3 Å². The average Bonchev–Trinajstić information content (AvgIpc) is 3.48. The molecule has 0 saturated heterocycles. The van der Waals surface area contributed by atoms with Gasteiger partial charge in [0.25, 0.3) is 0 Å². The van der Waals surface area contributed by atoms with Crippen molar-refractivity contribution < 1.29 is 9.21 Å². The molecule has 1 aliphatic heterocycles. The number of benzene rings is 1. The third-order valence-corrected chi connectivity index (χ3v) is 6.19. The van der Waals surface area contributed by atoms with Gasteiger partial charge in [-0.15, -0.1) is 11.3 Å². The van der Waals surface area contributed by atoms with Crippen molar-refractivity contribution in [3.05, 3.63) is 87.1 Å². The van der Waals surface area contributed by atoms with E-state index in [1.54, 1.807) is 23.5 Å². The molecule has 0 unspecified atom stereocenters. The van der Waals surface area contributed by atoms with Gasteiger partial charge in [0.1, 0.15) is 5.15 Å². The minimum atomic E-state index is -0.352. The SMILES string of the molecule is Cc1ccc2nc(Cl)c([C@@H]3CC(c4cccs4)=NN3C(=O)c3ccco3)cc2c1. The van der Waals surface area contributed by atoms with E-state index in [1.807, 2.05) is 42.6 Å². The third kappa shape index (κ3) is 3.24. The second-order valence-electron chi connectivity index (χ2n) is 6.94. The molecule has 29 heavy (non-hydrogen) atoms. The van der Waals surface area contributed by atoms with E-state index in [0.29, 0.717) is 11.6 Å². The number of halogens is 1. The number of pyridine rings is 1. The van der Waals surface area contributed by atoms with Gasteiger partial charge < -0.3 is 4.42 Å². The molecule has 5 rings (SSSR count). The number of thiophene rings is 1. The van der Waals surface area contributed by atoms with Crippen LogP contribution in [-0.2, 0) is 0 Å². The van der Waals surface area contributed by atoms with Crippen LogP contribution >= 0.6 is 22.9 Å². The van der Waals surface area contributed by atoms with Crippen molar-refractivity contribution in [2.45, 2.75) is 19.4 Å². The fraction of sp³-hybridized carbons (Fsp3) is 0.136. The lowest BCUT2D eigenvalue weighted by molar-refractivity contribution is 0.0678. The molecule has 0 aliphatic carbocycles. The number of aryl methyl sites for hydroxylation is 1. The third-order valence-electron chi connectivity index (χ3n) is 4.97. The molecule has 7 heteroatoms. The molecule has 1 aliphatic rings. The summed E-state index contributed by atoms with van der Waals surface area (Å²) in [5, 5.41) is 9.48. The standard InChI is InChI=1S/C22H16ClN3O2S/c1-13-6-7-16-14(10-13)11-15(21(23)24-16)18-12-17(20-5-3-9-29-20)25-26(18)22(27)19-4-2-8-28-19/h2-11,18H,12H2,1H3/t18-/m0/s1. The molecular weight excluding hydrogens is 406 g/mol. The van der Waals surface area contributed by atoms with Crippen LogP contribution in [0.15, 0.2) is 69.7 Å². The lowest BCUT2D eigenvalue weighted by atomic mass is 10.0. The molecule has 0 spiro atoms. The summed E-state index contributed by atoms with van der Waals surface area (Å²) < 4.78 is 5.33. The molecule has 4 aromatic rings. The maximum Gasteiger partial charge on any atom is 0.310 e. The number of rotatable bonds is 3. The highest BCUT2D eigenvalue weighted by Crippen LogP contribution is 2.38. The quantitative estimate of drug-likeness (QED) is 0.390. The number of hydrazone groups is 1. The Labute approximate surface area is 176 Å². The van der Waals surface area contributed by atoms with Gasteiger partial charge in [-0.05, 0) is 48.7 Å². The lowest BCUT2D eigenvalue weighted by Crippen LogP contribution is -2.27. The summed E-state index contributed by atoms with van der Waals surface area (Å²) in [5.74, 6) is -0.0566. The Hall–Kier alpha value is -2.96. The number of hydrogen-bond acceptors (Lipinski definition) is 5. The fourth-order valence-electron chi connectivity index (χ4n) is 3.57. The number of carbonyl (C=O) groups is 1. The highest BCUT2D eigenvalue weighted by atomic mass is 35.5. The summed E-state index contributed by atoms with van der Waals surface area (Å²) in [6.45, 7) is 2.04. The minimum Gasteiger partial charge on any atom is -0.459 e. The lowest BCUT2D eigenvalue weighted by Gasteiger charge is -2.22. The topological polar surface area (TPSA) is 58.7 Å². The van der Waals surface area contributed by atoms with Gasteiger partial charge in [-0.25, -0.2) is 9.99 Å². The average molecular weight is 422 g/mol. The minimum absolute atomic E-state index is 0.242. The van der Waals surface area contributed by atoms with Gasteiger partial charge in [-0.3, -0.25) is 4.79 Å². The Morgan fingerprint density at radius 1 is 1.24 bits per heavy atom. The van der Waals surface area contributed by atoms with Crippen molar-refractivity contribution in [2.24, 2.45) is 5.10 Å². The molecule has 0 radical (unpaired) electrons. The molecule has 4 heterocycles. The zero-order chi connectivity index (χ0) is 20.0. The van der Waals surface area contributed by atoms with Crippen molar-refractivity contribution in [3.63, 3.8) is 0 Å². The summed E-state index contributed by atoms with van der Waals surface area (Å²) in [5.41, 5.74) is 3.59. The molecule has 144 valence electrons. The maximum absolute atomic E-state index is 13.1. The molecular formula is C22H16ClN3O2S. The molecule has 3 aromatic heterocycles. The second kappa shape index (κ2) is 7.13. The van der Waals surface area contributed by atoms with Crippen LogP contribution in [0.25, 0.3) is 10.9 Å². The van der Waals surface area contributed by atoms with Crippen LogP contribution in [0.1, 0.15) is 39.0 Å². The van der Waals surface area contributed by atoms with Gasteiger partial charge in [0.05, 0.1) is 28.4 Å². The summed E-state index contributed by atoms with van der Waals surface area (Å²) in [7, 11) is 0. The predicted molar refractivity (Wildman–Crippen MR) is 115 cm³/mol. The number of nitrogens with zero attached hydrogens (tertiary/aromatic N) is 3. The van der Waals surface area contributed by atoms with Crippen LogP contribution in [0.5, 0.6) is 0 Å². The number of hydrogen-bond donors (Lipinski definition) is 0. The van der Waals surface area contributed by atoms with E-state index < -0.39 is 0 Å². The van der Waals surface area contributed by atoms with Crippen molar-refractivity contribution in [3.8, 4) is 0 Å². The Bertz CT molecular complexity index is 1230. The monoisotopic (exact) mass is 421 g/mol. The van der Waals surface area contributed by atoms with Gasteiger partial charge >= 0.3 is 5.91 Å². The van der Waals surface area contributed by atoms with Crippen molar-refractivity contribution in [2.75, 3.05) is 0 Å². The Morgan fingerprint density at radius 3 is 2.90 bits per heavy atom. The Kier molecular flexibility index (Phi) is 4.45. The molecule has 0 N–H and O–H groups in total. The number of fused-ring (bicyclic) bond motifs is 1. The van der Waals surface area contributed by atoms with Crippen LogP contribution in [-0.4, -0.2) is 21.6 Å². The number of amides is 1. The van der Waals surface area contributed by atoms with Gasteiger partial charge in [0.15, 0.2) is 5.76 Å². The van der Waals surface area contributed by atoms with E-state index >= 15 is 0 Å². The first-order valence-corrected chi connectivity index (χ1v) is 10.4. The number of aromatic nitrogens is 1. The zero-order valence-electron chi connectivity index (χ0n) is 15.5. The highest BCUT2D eigenvalue weighted by molar-refractivity contribution is 7.12. The van der Waals surface area contributed by atoms with Gasteiger partial charge in [0, 0.05) is 17.4 Å². The number of furan rings is 1. The van der Waals surface area contributed by atoms with Crippen LogP contribution in [0.4, 0.5) is 0 Å². The molecule has 1 atom stereocenters. The maximum atomic E-state index is 13.1. The molecule has 1 amide bonds. The Morgan fingerprint density at radius 2 is 2.14 bits per heavy atom. The number of carbonyl (C=O) groups excluding carboxylic acids is 1. The molecule has 0 bridgehead atoms. The summed E-state index contributed by atoms with van der Waals surface area (Å²) in [4.78, 5) is 18.7. The van der Waals surface area contributed by atoms with Crippen LogP contribution < -0.4 is 0 Å². The van der Waals surface area contributed by atoms with E-state index in [4.69, 9.17) is 16.0 Å². The summed E-state index contributed by atoms with van der Waals surface area (Å²) in [6, 6.07) is 15.0. The normalized spacial score (nSPS) is 16.4. The molecule has 1 aromatic carbocycles. The first-order valence-electron chi connectivity index (χ1n) is 9.15. The first kappa shape index (κ1) is 18.1. The van der Waals surface area contributed by atoms with Crippen molar-refractivity contribution >= 4 is 45.5 Å². The van der Waals surface area contributed by atoms with Gasteiger partial charge in [0.2, 0.25) is 0 Å². The van der Waals surface area contributed by atoms with E-state index in [2.05, 4.69) is 16.2 Å². The van der Waals surface area contributed by atoms with Crippen molar-refractivity contribution in [1.82, 2.24) is 9.99 Å². The van der Waals surface area contributed by atoms with E-state index in [9.17, 15) is 4.79 Å². The smallest absolute Gasteiger partial charge is 0.310 e. The van der Waals surface area contributed by atoms with Gasteiger partial charge in [-0.1, -0.05) is 29.3 Å². The summed E-state index contributed by atoms with van der Waals surface area (Å²) >= 11 is 8.17. The molecule has 5 nitrogen and oxygen atoms in total. The molecule has 0 fully saturated rings. The van der Waals surface area contributed by atoms with Gasteiger partial charge in [-0.2, -0.15) is 5.10 Å². The van der Waals surface area contributed by atoms with E-state index in [-0.39, 0.29) is 17.7 Å². The zero-order valence-corrected chi connectivity index (χ0v) is 17.1.